The summed E-state index contributed by atoms with van der Waals surface area (Å²) in [5.74, 6) is -0.0652. The average Bonchev–Trinajstić information content (AvgIpc) is 3.72. The molecule has 9 heteroatoms. The summed E-state index contributed by atoms with van der Waals surface area (Å²) in [6.45, 7) is 5.92. The molecule has 2 aliphatic rings. The lowest BCUT2D eigenvalue weighted by molar-refractivity contribution is -0.141. The number of amides is 4. The van der Waals surface area contributed by atoms with Gasteiger partial charge in [0.2, 0.25) is 17.7 Å². The molecule has 1 atom stereocenters. The van der Waals surface area contributed by atoms with E-state index in [1.54, 1.807) is 4.90 Å². The Morgan fingerprint density at radius 1 is 1.03 bits per heavy atom. The minimum atomic E-state index is -0.732. The Hall–Kier alpha value is -3.36. The van der Waals surface area contributed by atoms with E-state index in [-0.39, 0.29) is 30.2 Å². The predicted octanol–water partition coefficient (Wildman–Crippen LogP) is 1.83. The number of benzene rings is 1. The molecule has 1 saturated heterocycles. The first-order valence-electron chi connectivity index (χ1n) is 11.9. The van der Waals surface area contributed by atoms with Crippen molar-refractivity contribution in [3.8, 4) is 0 Å². The molecule has 2 fully saturated rings. The summed E-state index contributed by atoms with van der Waals surface area (Å²) in [4.78, 5) is 52.8. The second kappa shape index (κ2) is 12.8. The molecule has 0 radical (unpaired) electrons. The van der Waals surface area contributed by atoms with Crippen LogP contribution in [-0.4, -0.2) is 72.4 Å². The summed E-state index contributed by atoms with van der Waals surface area (Å²) in [5, 5.41) is 5.43. The maximum absolute atomic E-state index is 13.2. The number of ether oxygens (including phenoxy) is 1. The zero-order chi connectivity index (χ0) is 24.3. The van der Waals surface area contributed by atoms with E-state index in [2.05, 4.69) is 17.2 Å². The van der Waals surface area contributed by atoms with Crippen molar-refractivity contribution in [2.24, 2.45) is 5.92 Å². The van der Waals surface area contributed by atoms with Crippen LogP contribution in [0.5, 0.6) is 0 Å². The highest BCUT2D eigenvalue weighted by molar-refractivity contribution is 5.87. The van der Waals surface area contributed by atoms with Crippen LogP contribution in [0.4, 0.5) is 4.79 Å². The number of alkyl carbamates (subject to hydrolysis) is 1. The fraction of sp³-hybridized carbons (Fsp3) is 0.520. The fourth-order valence-corrected chi connectivity index (χ4v) is 3.88. The number of hydrogen-bond acceptors (Lipinski definition) is 5. The number of piperazine rings is 1. The average molecular weight is 471 g/mol. The summed E-state index contributed by atoms with van der Waals surface area (Å²) in [6.07, 6.45) is 4.20. The third-order valence-electron chi connectivity index (χ3n) is 6.04. The Kier molecular flexibility index (Phi) is 9.49. The first kappa shape index (κ1) is 25.3. The molecule has 1 aromatic carbocycles. The van der Waals surface area contributed by atoms with Crippen LogP contribution in [0, 0.1) is 5.92 Å². The molecule has 0 spiro atoms. The number of nitrogens with one attached hydrogen (secondary N) is 2. The van der Waals surface area contributed by atoms with Crippen molar-refractivity contribution in [3.63, 3.8) is 0 Å². The van der Waals surface area contributed by atoms with Crippen LogP contribution >= 0.6 is 0 Å². The molecular formula is C25H34N4O5. The number of unbranched alkanes of at least 4 members (excludes halogenated alkanes) is 1. The highest BCUT2D eigenvalue weighted by Gasteiger charge is 2.36. The first-order valence-corrected chi connectivity index (χ1v) is 11.9. The van der Waals surface area contributed by atoms with Gasteiger partial charge in [-0.15, -0.1) is 0 Å². The monoisotopic (exact) mass is 470 g/mol. The van der Waals surface area contributed by atoms with Gasteiger partial charge in [-0.3, -0.25) is 14.4 Å². The normalized spacial score (nSPS) is 16.4. The minimum absolute atomic E-state index is 0.114. The van der Waals surface area contributed by atoms with Gasteiger partial charge in [0, 0.05) is 38.6 Å². The van der Waals surface area contributed by atoms with E-state index in [0.29, 0.717) is 52.0 Å². The summed E-state index contributed by atoms with van der Waals surface area (Å²) in [6, 6.07) is 8.59. The van der Waals surface area contributed by atoms with Gasteiger partial charge in [0.15, 0.2) is 0 Å². The maximum atomic E-state index is 13.2. The molecule has 0 aromatic heterocycles. The number of rotatable bonds is 11. The summed E-state index contributed by atoms with van der Waals surface area (Å²) in [5.41, 5.74) is 0.856. The molecular weight excluding hydrogens is 436 g/mol. The molecule has 4 amide bonds. The summed E-state index contributed by atoms with van der Waals surface area (Å²) >= 11 is 0. The second-order valence-electron chi connectivity index (χ2n) is 8.67. The highest BCUT2D eigenvalue weighted by atomic mass is 16.5. The van der Waals surface area contributed by atoms with Gasteiger partial charge in [0.05, 0.1) is 0 Å². The molecule has 1 saturated carbocycles. The van der Waals surface area contributed by atoms with E-state index < -0.39 is 12.1 Å². The molecule has 0 unspecified atom stereocenters. The maximum Gasteiger partial charge on any atom is 0.408 e. The number of carbonyl (C=O) groups excluding carboxylic acids is 4. The lowest BCUT2D eigenvalue weighted by Gasteiger charge is -2.36. The molecule has 1 aliphatic heterocycles. The SMILES string of the molecule is C=CC(=O)NCCCC[C@H](NC(=O)OCc1ccccc1)C(=O)N1CCN(C(=O)C2CC2)CC1. The van der Waals surface area contributed by atoms with Gasteiger partial charge >= 0.3 is 6.09 Å². The van der Waals surface area contributed by atoms with Crippen LogP contribution in [0.3, 0.4) is 0 Å². The Morgan fingerprint density at radius 3 is 2.35 bits per heavy atom. The predicted molar refractivity (Wildman–Crippen MR) is 126 cm³/mol. The quantitative estimate of drug-likeness (QED) is 0.379. The van der Waals surface area contributed by atoms with E-state index >= 15 is 0 Å². The molecule has 1 aliphatic carbocycles. The standard InChI is InChI=1S/C25H34N4O5/c1-2-22(30)26-13-7-6-10-21(27-25(33)34-18-19-8-4-3-5-9-19)24(32)29-16-14-28(15-17-29)23(31)20-11-12-20/h2-5,8-9,20-21H,1,6-7,10-18H2,(H,26,30)(H,27,33)/t21-/m0/s1. The zero-order valence-corrected chi connectivity index (χ0v) is 19.5. The molecule has 9 nitrogen and oxygen atoms in total. The lowest BCUT2D eigenvalue weighted by atomic mass is 10.1. The van der Waals surface area contributed by atoms with Crippen LogP contribution in [-0.2, 0) is 25.7 Å². The van der Waals surface area contributed by atoms with Crippen LogP contribution in [0.1, 0.15) is 37.7 Å². The topological polar surface area (TPSA) is 108 Å². The van der Waals surface area contributed by atoms with Crippen molar-refractivity contribution in [1.82, 2.24) is 20.4 Å². The lowest BCUT2D eigenvalue weighted by Crippen LogP contribution is -2.56. The minimum Gasteiger partial charge on any atom is -0.445 e. The van der Waals surface area contributed by atoms with Crippen molar-refractivity contribution >= 4 is 23.8 Å². The van der Waals surface area contributed by atoms with Crippen molar-refractivity contribution < 1.29 is 23.9 Å². The van der Waals surface area contributed by atoms with Gasteiger partial charge in [-0.2, -0.15) is 0 Å². The van der Waals surface area contributed by atoms with Crippen LogP contribution in [0.2, 0.25) is 0 Å². The Morgan fingerprint density at radius 2 is 1.71 bits per heavy atom. The highest BCUT2D eigenvalue weighted by Crippen LogP contribution is 2.31. The summed E-state index contributed by atoms with van der Waals surface area (Å²) < 4.78 is 5.31. The van der Waals surface area contributed by atoms with Crippen molar-refractivity contribution in [3.05, 3.63) is 48.6 Å². The third kappa shape index (κ3) is 7.90. The molecule has 184 valence electrons. The number of carbonyl (C=O) groups is 4. The molecule has 0 bridgehead atoms. The van der Waals surface area contributed by atoms with Crippen LogP contribution in [0.15, 0.2) is 43.0 Å². The van der Waals surface area contributed by atoms with Gasteiger partial charge in [0.25, 0.3) is 0 Å². The van der Waals surface area contributed by atoms with Crippen LogP contribution in [0.25, 0.3) is 0 Å². The van der Waals surface area contributed by atoms with E-state index in [4.69, 9.17) is 4.74 Å². The van der Waals surface area contributed by atoms with Crippen molar-refractivity contribution in [2.75, 3.05) is 32.7 Å². The molecule has 1 heterocycles. The Labute approximate surface area is 200 Å². The van der Waals surface area contributed by atoms with Gasteiger partial charge in [-0.05, 0) is 43.7 Å². The number of hydrogen-bond donors (Lipinski definition) is 2. The second-order valence-corrected chi connectivity index (χ2v) is 8.67. The largest absolute Gasteiger partial charge is 0.445 e. The molecule has 2 N–H and O–H groups in total. The van der Waals surface area contributed by atoms with Gasteiger partial charge in [-0.1, -0.05) is 36.9 Å². The van der Waals surface area contributed by atoms with Gasteiger partial charge < -0.3 is 25.2 Å². The van der Waals surface area contributed by atoms with E-state index in [0.717, 1.165) is 18.4 Å². The smallest absolute Gasteiger partial charge is 0.408 e. The van der Waals surface area contributed by atoms with Crippen molar-refractivity contribution in [2.45, 2.75) is 44.8 Å². The first-order chi connectivity index (χ1) is 16.5. The number of nitrogens with zero attached hydrogens (tertiary/aromatic N) is 2. The van der Waals surface area contributed by atoms with Crippen molar-refractivity contribution in [1.29, 1.82) is 0 Å². The summed E-state index contributed by atoms with van der Waals surface area (Å²) in [7, 11) is 0. The van der Waals surface area contributed by atoms with E-state index in [1.165, 1.54) is 6.08 Å². The van der Waals surface area contributed by atoms with Gasteiger partial charge in [0.1, 0.15) is 12.6 Å². The van der Waals surface area contributed by atoms with E-state index in [9.17, 15) is 19.2 Å². The molecule has 34 heavy (non-hydrogen) atoms. The molecule has 1 aromatic rings. The fourth-order valence-electron chi connectivity index (χ4n) is 3.88. The van der Waals surface area contributed by atoms with Crippen LogP contribution < -0.4 is 10.6 Å². The van der Waals surface area contributed by atoms with Gasteiger partial charge in [-0.25, -0.2) is 4.79 Å². The molecule has 3 rings (SSSR count). The Balaban J connectivity index is 1.50. The Bertz CT molecular complexity index is 863. The third-order valence-corrected chi connectivity index (χ3v) is 6.04. The zero-order valence-electron chi connectivity index (χ0n) is 19.5. The van der Waals surface area contributed by atoms with E-state index in [1.807, 2.05) is 35.2 Å².